The van der Waals surface area contributed by atoms with Crippen LogP contribution in [0.5, 0.6) is 0 Å². The first-order valence-corrected chi connectivity index (χ1v) is 4.48. The number of carbonyl (C=O) groups excluding carboxylic acids is 1. The van der Waals surface area contributed by atoms with E-state index in [-0.39, 0.29) is 6.61 Å². The third-order valence-corrected chi connectivity index (χ3v) is 1.56. The maximum absolute atomic E-state index is 10.9. The number of ether oxygens (including phenoxy) is 1. The number of carboxylic acid groups (broad SMARTS) is 1. The Morgan fingerprint density at radius 2 is 2.21 bits per heavy atom. The summed E-state index contributed by atoms with van der Waals surface area (Å²) in [5, 5.41) is 10.9. The number of carbonyl (C=O) groups is 2. The third-order valence-electron chi connectivity index (χ3n) is 1.56. The van der Waals surface area contributed by atoms with E-state index in [2.05, 4.69) is 10.1 Å². The number of amides is 1. The minimum Gasteiger partial charge on any atom is -0.480 e. The van der Waals surface area contributed by atoms with Gasteiger partial charge in [-0.25, -0.2) is 9.59 Å². The van der Waals surface area contributed by atoms with E-state index in [4.69, 9.17) is 10.8 Å². The fourth-order valence-corrected chi connectivity index (χ4v) is 0.894. The number of nitrogens with two attached hydrogens (primary N) is 1. The molecule has 0 radical (unpaired) electrons. The van der Waals surface area contributed by atoms with E-state index >= 15 is 0 Å². The monoisotopic (exact) mass is 204 g/mol. The SMILES string of the molecule is CCOC(=O)NC(CCCN)C(=O)O. The summed E-state index contributed by atoms with van der Waals surface area (Å²) in [7, 11) is 0. The van der Waals surface area contributed by atoms with Crippen molar-refractivity contribution in [3.8, 4) is 0 Å². The molecule has 1 amide bonds. The van der Waals surface area contributed by atoms with Crippen LogP contribution in [0.2, 0.25) is 0 Å². The lowest BCUT2D eigenvalue weighted by atomic mass is 10.1. The molecule has 0 aliphatic rings. The van der Waals surface area contributed by atoms with Gasteiger partial charge < -0.3 is 20.9 Å². The molecule has 0 saturated carbocycles. The predicted molar refractivity (Wildman–Crippen MR) is 49.9 cm³/mol. The van der Waals surface area contributed by atoms with E-state index in [1.54, 1.807) is 6.92 Å². The van der Waals surface area contributed by atoms with Crippen LogP contribution < -0.4 is 11.1 Å². The number of hydrogen-bond donors (Lipinski definition) is 3. The van der Waals surface area contributed by atoms with Gasteiger partial charge >= 0.3 is 12.1 Å². The second-order valence-electron chi connectivity index (χ2n) is 2.69. The van der Waals surface area contributed by atoms with Crippen LogP contribution in [0.4, 0.5) is 4.79 Å². The maximum atomic E-state index is 10.9. The van der Waals surface area contributed by atoms with Gasteiger partial charge in [0.2, 0.25) is 0 Å². The summed E-state index contributed by atoms with van der Waals surface area (Å²) in [5.74, 6) is -1.08. The van der Waals surface area contributed by atoms with Crippen molar-refractivity contribution in [3.63, 3.8) is 0 Å². The molecule has 0 spiro atoms. The van der Waals surface area contributed by atoms with E-state index in [1.165, 1.54) is 0 Å². The molecule has 0 heterocycles. The Kier molecular flexibility index (Phi) is 6.47. The zero-order chi connectivity index (χ0) is 11.0. The van der Waals surface area contributed by atoms with E-state index in [1.807, 2.05) is 0 Å². The highest BCUT2D eigenvalue weighted by Gasteiger charge is 2.19. The smallest absolute Gasteiger partial charge is 0.407 e. The van der Waals surface area contributed by atoms with Gasteiger partial charge in [-0.2, -0.15) is 0 Å². The average molecular weight is 204 g/mol. The highest BCUT2D eigenvalue weighted by atomic mass is 16.5. The lowest BCUT2D eigenvalue weighted by Gasteiger charge is -2.13. The molecule has 0 fully saturated rings. The topological polar surface area (TPSA) is 102 Å². The number of carboxylic acids is 1. The second kappa shape index (κ2) is 7.14. The Hall–Kier alpha value is -1.30. The summed E-state index contributed by atoms with van der Waals surface area (Å²) in [5.41, 5.74) is 5.23. The van der Waals surface area contributed by atoms with Crippen LogP contribution in [0, 0.1) is 0 Å². The first-order chi connectivity index (χ1) is 6.61. The Morgan fingerprint density at radius 3 is 2.64 bits per heavy atom. The molecule has 6 heteroatoms. The molecule has 6 nitrogen and oxygen atoms in total. The Morgan fingerprint density at radius 1 is 1.57 bits per heavy atom. The van der Waals surface area contributed by atoms with Gasteiger partial charge in [0.15, 0.2) is 0 Å². The molecule has 0 aliphatic carbocycles. The van der Waals surface area contributed by atoms with Crippen LogP contribution in [-0.2, 0) is 9.53 Å². The molecule has 0 aromatic heterocycles. The molecular weight excluding hydrogens is 188 g/mol. The Balaban J connectivity index is 3.95. The normalized spacial score (nSPS) is 11.9. The number of hydrogen-bond acceptors (Lipinski definition) is 4. The molecule has 1 atom stereocenters. The number of nitrogens with one attached hydrogen (secondary N) is 1. The van der Waals surface area contributed by atoms with E-state index in [9.17, 15) is 9.59 Å². The van der Waals surface area contributed by atoms with Gasteiger partial charge in [0, 0.05) is 0 Å². The van der Waals surface area contributed by atoms with Gasteiger partial charge in [-0.3, -0.25) is 0 Å². The van der Waals surface area contributed by atoms with Gasteiger partial charge in [0.1, 0.15) is 6.04 Å². The highest BCUT2D eigenvalue weighted by Crippen LogP contribution is 1.97. The van der Waals surface area contributed by atoms with E-state index in [0.717, 1.165) is 0 Å². The van der Waals surface area contributed by atoms with Crippen LogP contribution in [0.3, 0.4) is 0 Å². The summed E-state index contributed by atoms with van der Waals surface area (Å²) in [4.78, 5) is 21.5. The van der Waals surface area contributed by atoms with Crippen LogP contribution in [0.15, 0.2) is 0 Å². The molecular formula is C8H16N2O4. The van der Waals surface area contributed by atoms with Crippen molar-refractivity contribution in [1.82, 2.24) is 5.32 Å². The van der Waals surface area contributed by atoms with Crippen LogP contribution in [0.1, 0.15) is 19.8 Å². The summed E-state index contributed by atoms with van der Waals surface area (Å²) in [6.07, 6.45) is 0.144. The summed E-state index contributed by atoms with van der Waals surface area (Å²) in [6, 6.07) is -0.919. The highest BCUT2D eigenvalue weighted by molar-refractivity contribution is 5.79. The van der Waals surface area contributed by atoms with Gasteiger partial charge in [-0.1, -0.05) is 0 Å². The minimum absolute atomic E-state index is 0.217. The molecule has 0 rings (SSSR count). The zero-order valence-electron chi connectivity index (χ0n) is 8.16. The quantitative estimate of drug-likeness (QED) is 0.562. The van der Waals surface area contributed by atoms with Crippen LogP contribution in [-0.4, -0.2) is 36.4 Å². The maximum Gasteiger partial charge on any atom is 0.407 e. The van der Waals surface area contributed by atoms with Crippen molar-refractivity contribution in [1.29, 1.82) is 0 Å². The van der Waals surface area contributed by atoms with Crippen molar-refractivity contribution in [2.45, 2.75) is 25.8 Å². The lowest BCUT2D eigenvalue weighted by molar-refractivity contribution is -0.139. The molecule has 82 valence electrons. The third kappa shape index (κ3) is 5.36. The lowest BCUT2D eigenvalue weighted by Crippen LogP contribution is -2.41. The van der Waals surface area contributed by atoms with Crippen LogP contribution >= 0.6 is 0 Å². The van der Waals surface area contributed by atoms with Crippen molar-refractivity contribution < 1.29 is 19.4 Å². The van der Waals surface area contributed by atoms with Crippen molar-refractivity contribution in [2.75, 3.05) is 13.2 Å². The van der Waals surface area contributed by atoms with Crippen molar-refractivity contribution >= 4 is 12.1 Å². The van der Waals surface area contributed by atoms with Crippen molar-refractivity contribution in [3.05, 3.63) is 0 Å². The van der Waals surface area contributed by atoms with Gasteiger partial charge in [0.05, 0.1) is 6.61 Å². The van der Waals surface area contributed by atoms with Gasteiger partial charge in [0.25, 0.3) is 0 Å². The molecule has 0 aromatic rings. The molecule has 4 N–H and O–H groups in total. The number of alkyl carbamates (subject to hydrolysis) is 1. The molecule has 14 heavy (non-hydrogen) atoms. The molecule has 0 saturated heterocycles. The van der Waals surface area contributed by atoms with Gasteiger partial charge in [-0.05, 0) is 26.3 Å². The molecule has 0 bridgehead atoms. The second-order valence-corrected chi connectivity index (χ2v) is 2.69. The standard InChI is InChI=1S/C8H16N2O4/c1-2-14-8(13)10-6(7(11)12)4-3-5-9/h6H,2-5,9H2,1H3,(H,10,13)(H,11,12). The fraction of sp³-hybridized carbons (Fsp3) is 0.750. The minimum atomic E-state index is -1.08. The van der Waals surface area contributed by atoms with E-state index < -0.39 is 18.1 Å². The van der Waals surface area contributed by atoms with E-state index in [0.29, 0.717) is 19.4 Å². The first kappa shape index (κ1) is 12.7. The molecule has 0 aliphatic heterocycles. The average Bonchev–Trinajstić information content (AvgIpc) is 2.12. The fourth-order valence-electron chi connectivity index (χ4n) is 0.894. The van der Waals surface area contributed by atoms with Gasteiger partial charge in [-0.15, -0.1) is 0 Å². The first-order valence-electron chi connectivity index (χ1n) is 4.48. The zero-order valence-corrected chi connectivity index (χ0v) is 8.16. The van der Waals surface area contributed by atoms with Crippen LogP contribution in [0.25, 0.3) is 0 Å². The Bertz CT molecular complexity index is 196. The molecule has 1 unspecified atom stereocenters. The van der Waals surface area contributed by atoms with Crippen molar-refractivity contribution in [2.24, 2.45) is 5.73 Å². The summed E-state index contributed by atoms with van der Waals surface area (Å²) in [6.45, 7) is 2.26. The Labute approximate surface area is 82.4 Å². The number of aliphatic carboxylic acids is 1. The summed E-state index contributed by atoms with van der Waals surface area (Å²) < 4.78 is 4.56. The predicted octanol–water partition coefficient (Wildman–Crippen LogP) is -0.0754. The molecule has 0 aromatic carbocycles. The number of rotatable bonds is 6. The largest absolute Gasteiger partial charge is 0.480 e. The summed E-state index contributed by atoms with van der Waals surface area (Å²) >= 11 is 0.